The molecule has 1 fully saturated rings. The molecule has 2 aromatic carbocycles. The highest BCUT2D eigenvalue weighted by Crippen LogP contribution is 2.47. The Morgan fingerprint density at radius 1 is 1.08 bits per heavy atom. The van der Waals surface area contributed by atoms with Gasteiger partial charge in [0.25, 0.3) is 0 Å². The van der Waals surface area contributed by atoms with Crippen LogP contribution in [0.15, 0.2) is 53.6 Å². The molecule has 1 saturated carbocycles. The Bertz CT molecular complexity index is 817. The molecule has 1 amide bonds. The van der Waals surface area contributed by atoms with Gasteiger partial charge in [0.15, 0.2) is 0 Å². The van der Waals surface area contributed by atoms with E-state index in [0.29, 0.717) is 5.71 Å². The molecule has 0 saturated heterocycles. The number of benzene rings is 2. The number of carbonyl (C=O) groups excluding carboxylic acids is 1. The number of nitrogens with one attached hydrogen (secondary N) is 1. The zero-order chi connectivity index (χ0) is 18.9. The first kappa shape index (κ1) is 18.3. The zero-order valence-electron chi connectivity index (χ0n) is 15.7. The highest BCUT2D eigenvalue weighted by atomic mass is 19.1. The molecule has 4 heteroatoms. The summed E-state index contributed by atoms with van der Waals surface area (Å²) in [5.41, 5.74) is 6.72. The summed E-state index contributed by atoms with van der Waals surface area (Å²) in [7, 11) is 0. The Morgan fingerprint density at radius 2 is 1.69 bits per heavy atom. The predicted molar refractivity (Wildman–Crippen MR) is 103 cm³/mol. The quantitative estimate of drug-likeness (QED) is 0.625. The van der Waals surface area contributed by atoms with Gasteiger partial charge in [-0.15, -0.1) is 0 Å². The van der Waals surface area contributed by atoms with E-state index in [4.69, 9.17) is 0 Å². The smallest absolute Gasteiger partial charge is 0.243 e. The van der Waals surface area contributed by atoms with Crippen LogP contribution in [0.25, 0.3) is 0 Å². The average molecular weight is 352 g/mol. The van der Waals surface area contributed by atoms with Crippen molar-refractivity contribution in [2.24, 2.45) is 11.0 Å². The third-order valence-corrected chi connectivity index (χ3v) is 4.93. The molecule has 0 bridgehead atoms. The van der Waals surface area contributed by atoms with Crippen LogP contribution in [0.2, 0.25) is 0 Å². The Kier molecular flexibility index (Phi) is 4.94. The van der Waals surface area contributed by atoms with Gasteiger partial charge in [-0.3, -0.25) is 4.79 Å². The summed E-state index contributed by atoms with van der Waals surface area (Å²) >= 11 is 0. The second-order valence-corrected chi connectivity index (χ2v) is 8.00. The number of carbonyl (C=O) groups is 1. The second kappa shape index (κ2) is 7.02. The highest BCUT2D eigenvalue weighted by Gasteiger charge is 2.44. The molecule has 0 heterocycles. The van der Waals surface area contributed by atoms with E-state index in [-0.39, 0.29) is 29.0 Å². The molecule has 1 aliphatic carbocycles. The molecule has 2 aromatic rings. The molecule has 26 heavy (non-hydrogen) atoms. The summed E-state index contributed by atoms with van der Waals surface area (Å²) in [5, 5.41) is 4.15. The Hall–Kier alpha value is -2.49. The van der Waals surface area contributed by atoms with E-state index in [9.17, 15) is 9.18 Å². The Labute approximate surface area is 154 Å². The van der Waals surface area contributed by atoms with Crippen molar-refractivity contribution in [2.45, 2.75) is 45.4 Å². The summed E-state index contributed by atoms with van der Waals surface area (Å²) in [6, 6.07) is 14.6. The highest BCUT2D eigenvalue weighted by molar-refractivity contribution is 5.99. The van der Waals surface area contributed by atoms with Gasteiger partial charge in [-0.05, 0) is 53.5 Å². The van der Waals surface area contributed by atoms with Crippen LogP contribution in [0.1, 0.15) is 56.7 Å². The van der Waals surface area contributed by atoms with Crippen LogP contribution in [0, 0.1) is 11.7 Å². The molecule has 0 aromatic heterocycles. The van der Waals surface area contributed by atoms with Crippen LogP contribution in [-0.4, -0.2) is 11.6 Å². The molecule has 2 atom stereocenters. The molecule has 0 spiro atoms. The van der Waals surface area contributed by atoms with E-state index in [1.54, 1.807) is 19.1 Å². The lowest BCUT2D eigenvalue weighted by Gasteiger charge is -2.19. The van der Waals surface area contributed by atoms with Crippen LogP contribution in [0.5, 0.6) is 0 Å². The Balaban J connectivity index is 1.59. The maximum atomic E-state index is 13.0. The molecule has 3 rings (SSSR count). The van der Waals surface area contributed by atoms with Gasteiger partial charge >= 0.3 is 0 Å². The monoisotopic (exact) mass is 352 g/mol. The van der Waals surface area contributed by atoms with E-state index in [2.05, 4.69) is 55.6 Å². The number of amides is 1. The first-order valence-electron chi connectivity index (χ1n) is 8.96. The first-order chi connectivity index (χ1) is 12.3. The topological polar surface area (TPSA) is 41.5 Å². The SMILES string of the molecule is C/C(=N/NC(=O)C1CC1c1ccc(C(C)(C)C)cc1)c1ccc(F)cc1. The molecule has 2 unspecified atom stereocenters. The van der Waals surface area contributed by atoms with Crippen molar-refractivity contribution in [2.75, 3.05) is 0 Å². The van der Waals surface area contributed by atoms with Crippen molar-refractivity contribution in [3.05, 3.63) is 71.0 Å². The zero-order valence-corrected chi connectivity index (χ0v) is 15.7. The van der Waals surface area contributed by atoms with Crippen molar-refractivity contribution in [3.8, 4) is 0 Å². The summed E-state index contributed by atoms with van der Waals surface area (Å²) < 4.78 is 13.0. The lowest BCUT2D eigenvalue weighted by atomic mass is 9.86. The van der Waals surface area contributed by atoms with Crippen LogP contribution in [0.3, 0.4) is 0 Å². The number of rotatable bonds is 4. The lowest BCUT2D eigenvalue weighted by molar-refractivity contribution is -0.122. The molecule has 1 aliphatic rings. The van der Waals surface area contributed by atoms with Crippen molar-refractivity contribution >= 4 is 11.6 Å². The molecule has 136 valence electrons. The van der Waals surface area contributed by atoms with Crippen molar-refractivity contribution in [1.29, 1.82) is 0 Å². The van der Waals surface area contributed by atoms with Crippen LogP contribution >= 0.6 is 0 Å². The summed E-state index contributed by atoms with van der Waals surface area (Å²) in [6.45, 7) is 8.37. The van der Waals surface area contributed by atoms with E-state index in [1.165, 1.54) is 23.3 Å². The largest absolute Gasteiger partial charge is 0.273 e. The van der Waals surface area contributed by atoms with Gasteiger partial charge in [-0.25, -0.2) is 9.82 Å². The van der Waals surface area contributed by atoms with Crippen LogP contribution in [0.4, 0.5) is 4.39 Å². The van der Waals surface area contributed by atoms with Crippen LogP contribution < -0.4 is 5.43 Å². The third kappa shape index (κ3) is 4.18. The second-order valence-electron chi connectivity index (χ2n) is 8.00. The number of hydrogen-bond acceptors (Lipinski definition) is 2. The van der Waals surface area contributed by atoms with E-state index >= 15 is 0 Å². The maximum Gasteiger partial charge on any atom is 0.243 e. The molecule has 3 nitrogen and oxygen atoms in total. The third-order valence-electron chi connectivity index (χ3n) is 4.93. The minimum Gasteiger partial charge on any atom is -0.273 e. The average Bonchev–Trinajstić information content (AvgIpc) is 3.40. The summed E-state index contributed by atoms with van der Waals surface area (Å²) in [6.07, 6.45) is 0.853. The van der Waals surface area contributed by atoms with Gasteiger partial charge in [-0.1, -0.05) is 57.2 Å². The standard InChI is InChI=1S/C22H25FN2O/c1-14(15-7-11-18(23)12-8-15)24-25-21(26)20-13-19(20)16-5-9-17(10-6-16)22(2,3)4/h5-12,19-20H,13H2,1-4H3,(H,25,26)/b24-14-. The van der Waals surface area contributed by atoms with Gasteiger partial charge in [0.1, 0.15) is 5.82 Å². The number of hydrogen-bond donors (Lipinski definition) is 1. The van der Waals surface area contributed by atoms with Gasteiger partial charge in [0.2, 0.25) is 5.91 Å². The van der Waals surface area contributed by atoms with Gasteiger partial charge < -0.3 is 0 Å². The normalized spacial score (nSPS) is 20.0. The van der Waals surface area contributed by atoms with Crippen molar-refractivity contribution in [3.63, 3.8) is 0 Å². The van der Waals surface area contributed by atoms with Crippen molar-refractivity contribution < 1.29 is 9.18 Å². The van der Waals surface area contributed by atoms with E-state index < -0.39 is 0 Å². The van der Waals surface area contributed by atoms with Gasteiger partial charge in [0.05, 0.1) is 5.71 Å². The molecule has 0 aliphatic heterocycles. The predicted octanol–water partition coefficient (Wildman–Crippen LogP) is 4.77. The molecular formula is C22H25FN2O. The molecular weight excluding hydrogens is 327 g/mol. The fourth-order valence-electron chi connectivity index (χ4n) is 3.06. The minimum absolute atomic E-state index is 0.0275. The van der Waals surface area contributed by atoms with Gasteiger partial charge in [-0.2, -0.15) is 5.10 Å². The fraction of sp³-hybridized carbons (Fsp3) is 0.364. The maximum absolute atomic E-state index is 13.0. The van der Waals surface area contributed by atoms with E-state index in [0.717, 1.165) is 12.0 Å². The van der Waals surface area contributed by atoms with Crippen LogP contribution in [-0.2, 0) is 10.2 Å². The first-order valence-corrected chi connectivity index (χ1v) is 8.96. The Morgan fingerprint density at radius 3 is 2.27 bits per heavy atom. The molecule has 1 N–H and O–H groups in total. The minimum atomic E-state index is -0.288. The lowest BCUT2D eigenvalue weighted by Crippen LogP contribution is -2.21. The number of nitrogens with zero attached hydrogens (tertiary/aromatic N) is 1. The summed E-state index contributed by atoms with van der Waals surface area (Å²) in [4.78, 5) is 12.3. The van der Waals surface area contributed by atoms with Crippen molar-refractivity contribution in [1.82, 2.24) is 5.43 Å². The number of halogens is 1. The molecule has 0 radical (unpaired) electrons. The fourth-order valence-corrected chi connectivity index (χ4v) is 3.06. The van der Waals surface area contributed by atoms with E-state index in [1.807, 2.05) is 0 Å². The summed E-state index contributed by atoms with van der Waals surface area (Å²) in [5.74, 6) is -0.106. The number of hydrazone groups is 1. The van der Waals surface area contributed by atoms with Gasteiger partial charge in [0, 0.05) is 5.92 Å².